The first-order chi connectivity index (χ1) is 11.2. The highest BCUT2D eigenvalue weighted by Crippen LogP contribution is 2.14. The van der Waals surface area contributed by atoms with E-state index in [0.717, 1.165) is 0 Å². The molecule has 0 saturated heterocycles. The first kappa shape index (κ1) is 19.8. The number of carbonyl (C=O) groups is 4. The van der Waals surface area contributed by atoms with Gasteiger partial charge in [-0.15, -0.1) is 0 Å². The van der Waals surface area contributed by atoms with Gasteiger partial charge in [-0.2, -0.15) is 0 Å². The summed E-state index contributed by atoms with van der Waals surface area (Å²) in [5.74, 6) is 0. The molecule has 0 aliphatic carbocycles. The molecule has 0 fully saturated rings. The zero-order valence-corrected chi connectivity index (χ0v) is 15.3. The Kier molecular flexibility index (Phi) is 7.59. The smallest absolute Gasteiger partial charge is 0.327 e. The Labute approximate surface area is 148 Å². The third kappa shape index (κ3) is 6.13. The molecule has 0 atom stereocenters. The largest absolute Gasteiger partial charge is 0.330 e. The second-order valence-corrected chi connectivity index (χ2v) is 6.52. The molecular weight excluding hydrogens is 352 g/mol. The van der Waals surface area contributed by atoms with Gasteiger partial charge in [0.1, 0.15) is 0 Å². The van der Waals surface area contributed by atoms with Gasteiger partial charge in [0.15, 0.2) is 0 Å². The number of carbonyl (C=O) groups excluding carboxylic acids is 4. The van der Waals surface area contributed by atoms with E-state index in [1.807, 2.05) is 0 Å². The van der Waals surface area contributed by atoms with Gasteiger partial charge in [-0.05, 0) is 24.3 Å². The molecule has 0 unspecified atom stereocenters. The number of amides is 4. The molecule has 8 nitrogen and oxygen atoms in total. The molecule has 24 heavy (non-hydrogen) atoms. The molecule has 1 aromatic rings. The molecule has 0 heterocycles. The van der Waals surface area contributed by atoms with Crippen molar-refractivity contribution in [3.8, 4) is 0 Å². The lowest BCUT2D eigenvalue weighted by Gasteiger charge is -2.11. The van der Waals surface area contributed by atoms with Crippen molar-refractivity contribution >= 4 is 46.2 Å². The second kappa shape index (κ2) is 9.18. The molecule has 2 N–H and O–H groups in total. The molecule has 0 bridgehead atoms. The molecule has 0 aliphatic rings. The van der Waals surface area contributed by atoms with E-state index in [2.05, 4.69) is 9.44 Å². The van der Waals surface area contributed by atoms with Crippen LogP contribution in [-0.2, 0) is 0 Å². The van der Waals surface area contributed by atoms with E-state index in [1.54, 1.807) is 28.2 Å². The van der Waals surface area contributed by atoms with Crippen LogP contribution in [0.3, 0.4) is 0 Å². The lowest BCUT2D eigenvalue weighted by molar-refractivity contribution is 0.107. The molecule has 0 spiro atoms. The first-order valence-corrected chi connectivity index (χ1v) is 8.32. The van der Waals surface area contributed by atoms with Gasteiger partial charge in [0.25, 0.3) is 0 Å². The van der Waals surface area contributed by atoms with Crippen molar-refractivity contribution in [2.24, 2.45) is 0 Å². The molecular formula is C14H18N4O4S2. The van der Waals surface area contributed by atoms with Crippen LogP contribution in [-0.4, -0.2) is 60.3 Å². The van der Waals surface area contributed by atoms with Crippen molar-refractivity contribution in [3.05, 3.63) is 35.4 Å². The summed E-state index contributed by atoms with van der Waals surface area (Å²) in [5.41, 5.74) is 0.691. The van der Waals surface area contributed by atoms with Crippen molar-refractivity contribution < 1.29 is 19.2 Å². The van der Waals surface area contributed by atoms with Crippen LogP contribution in [0.5, 0.6) is 0 Å². The second-order valence-electron chi connectivity index (χ2n) is 4.96. The molecule has 0 aromatic heterocycles. The van der Waals surface area contributed by atoms with Crippen molar-refractivity contribution in [2.75, 3.05) is 28.2 Å². The summed E-state index contributed by atoms with van der Waals surface area (Å²) in [7, 11) is 6.25. The SMILES string of the molecule is CN(C)C(=O)NSC(=O)c1ccc(C(=O)SNC(=O)N(C)C)cc1. The minimum atomic E-state index is -0.395. The van der Waals surface area contributed by atoms with E-state index >= 15 is 0 Å². The molecule has 4 amide bonds. The highest BCUT2D eigenvalue weighted by atomic mass is 32.2. The summed E-state index contributed by atoms with van der Waals surface area (Å²) in [4.78, 5) is 49.2. The van der Waals surface area contributed by atoms with E-state index in [-0.39, 0.29) is 10.2 Å². The van der Waals surface area contributed by atoms with Crippen LogP contribution in [0.2, 0.25) is 0 Å². The van der Waals surface area contributed by atoms with Crippen LogP contribution in [0.25, 0.3) is 0 Å². The monoisotopic (exact) mass is 370 g/mol. The fraction of sp³-hybridized carbons (Fsp3) is 0.286. The number of nitrogens with zero attached hydrogens (tertiary/aromatic N) is 2. The fourth-order valence-electron chi connectivity index (χ4n) is 1.22. The number of hydrogen-bond donors (Lipinski definition) is 2. The van der Waals surface area contributed by atoms with Gasteiger partial charge >= 0.3 is 12.1 Å². The fourth-order valence-corrected chi connectivity index (χ4v) is 2.46. The maximum atomic E-state index is 11.9. The average Bonchev–Trinajstić information content (AvgIpc) is 2.56. The quantitative estimate of drug-likeness (QED) is 0.771. The van der Waals surface area contributed by atoms with Crippen molar-refractivity contribution in [1.82, 2.24) is 19.2 Å². The number of urea groups is 2. The van der Waals surface area contributed by atoms with Crippen molar-refractivity contribution in [3.63, 3.8) is 0 Å². The van der Waals surface area contributed by atoms with Crippen LogP contribution >= 0.6 is 23.9 Å². The zero-order valence-electron chi connectivity index (χ0n) is 13.7. The van der Waals surface area contributed by atoms with Gasteiger partial charge in [-0.1, -0.05) is 0 Å². The molecule has 1 rings (SSSR count). The van der Waals surface area contributed by atoms with Gasteiger partial charge in [0.2, 0.25) is 10.2 Å². The van der Waals surface area contributed by atoms with Crippen LogP contribution in [0, 0.1) is 0 Å². The van der Waals surface area contributed by atoms with Crippen LogP contribution in [0.4, 0.5) is 9.59 Å². The number of hydrogen-bond acceptors (Lipinski definition) is 6. The molecule has 0 radical (unpaired) electrons. The lowest BCUT2D eigenvalue weighted by Crippen LogP contribution is -2.31. The Morgan fingerprint density at radius 3 is 1.25 bits per heavy atom. The predicted octanol–water partition coefficient (Wildman–Crippen LogP) is 1.81. The van der Waals surface area contributed by atoms with Crippen LogP contribution in [0.15, 0.2) is 24.3 Å². The van der Waals surface area contributed by atoms with E-state index in [1.165, 1.54) is 34.1 Å². The highest BCUT2D eigenvalue weighted by Gasteiger charge is 2.13. The minimum Gasteiger partial charge on any atom is -0.330 e. The summed E-state index contributed by atoms with van der Waals surface area (Å²) in [6.45, 7) is 0. The highest BCUT2D eigenvalue weighted by molar-refractivity contribution is 8.13. The first-order valence-electron chi connectivity index (χ1n) is 6.69. The van der Waals surface area contributed by atoms with Crippen LogP contribution < -0.4 is 9.44 Å². The maximum Gasteiger partial charge on any atom is 0.327 e. The Morgan fingerprint density at radius 1 is 0.708 bits per heavy atom. The van der Waals surface area contributed by atoms with Gasteiger partial charge in [0.05, 0.1) is 0 Å². The standard InChI is InChI=1S/C14H18N4O4S2/c1-17(2)13(21)15-23-11(19)9-5-7-10(8-6-9)12(20)24-16-14(22)18(3)4/h5-8H,1-4H3,(H,15,21)(H,16,22). The predicted molar refractivity (Wildman–Crippen MR) is 94.7 cm³/mol. The summed E-state index contributed by atoms with van der Waals surface area (Å²) < 4.78 is 4.78. The molecule has 1 aromatic carbocycles. The zero-order chi connectivity index (χ0) is 18.3. The van der Waals surface area contributed by atoms with Gasteiger partial charge in [-0.3, -0.25) is 19.0 Å². The Bertz CT molecular complexity index is 577. The van der Waals surface area contributed by atoms with Crippen molar-refractivity contribution in [2.45, 2.75) is 0 Å². The average molecular weight is 370 g/mol. The Balaban J connectivity index is 2.58. The third-order valence-corrected chi connectivity index (χ3v) is 4.03. The number of rotatable bonds is 2. The van der Waals surface area contributed by atoms with E-state index < -0.39 is 12.1 Å². The Morgan fingerprint density at radius 2 is 1.00 bits per heavy atom. The number of benzene rings is 1. The normalized spacial score (nSPS) is 9.83. The summed E-state index contributed by atoms with van der Waals surface area (Å²) in [6.07, 6.45) is 0. The molecule has 130 valence electrons. The topological polar surface area (TPSA) is 98.8 Å². The van der Waals surface area contributed by atoms with Gasteiger partial charge < -0.3 is 9.80 Å². The summed E-state index contributed by atoms with van der Waals surface area (Å²) in [6, 6.07) is 5.15. The summed E-state index contributed by atoms with van der Waals surface area (Å²) >= 11 is 1.33. The van der Waals surface area contributed by atoms with Crippen LogP contribution in [0.1, 0.15) is 20.7 Å². The minimum absolute atomic E-state index is 0.345. The molecule has 0 saturated carbocycles. The third-order valence-electron chi connectivity index (χ3n) is 2.63. The Hall–Kier alpha value is -2.20. The van der Waals surface area contributed by atoms with E-state index in [9.17, 15) is 19.2 Å². The van der Waals surface area contributed by atoms with E-state index in [0.29, 0.717) is 35.0 Å². The lowest BCUT2D eigenvalue weighted by atomic mass is 10.2. The van der Waals surface area contributed by atoms with Gasteiger partial charge in [-0.25, -0.2) is 9.59 Å². The molecule has 10 heteroatoms. The van der Waals surface area contributed by atoms with E-state index in [4.69, 9.17) is 0 Å². The number of nitrogens with one attached hydrogen (secondary N) is 2. The molecule has 0 aliphatic heterocycles. The van der Waals surface area contributed by atoms with Gasteiger partial charge in [0, 0.05) is 63.2 Å². The van der Waals surface area contributed by atoms with Crippen molar-refractivity contribution in [1.29, 1.82) is 0 Å². The maximum absolute atomic E-state index is 11.9. The summed E-state index contributed by atoms with van der Waals surface area (Å²) in [5, 5.41) is -0.699.